The summed E-state index contributed by atoms with van der Waals surface area (Å²) in [6.07, 6.45) is 0.531. The summed E-state index contributed by atoms with van der Waals surface area (Å²) in [5.74, 6) is -0.945. The third kappa shape index (κ3) is 8.48. The third-order valence-corrected chi connectivity index (χ3v) is 11.3. The smallest absolute Gasteiger partial charge is 0.330 e. The van der Waals surface area contributed by atoms with E-state index in [1.54, 1.807) is 95.0 Å². The van der Waals surface area contributed by atoms with Gasteiger partial charge in [0.05, 0.1) is 30.3 Å². The normalized spacial score (nSPS) is 16.1. The van der Waals surface area contributed by atoms with Gasteiger partial charge in [-0.25, -0.2) is 4.79 Å². The molecule has 60 heavy (non-hydrogen) atoms. The highest BCUT2D eigenvalue weighted by Crippen LogP contribution is 2.53. The second kappa shape index (κ2) is 17.6. The molecule has 0 bridgehead atoms. The lowest BCUT2D eigenvalue weighted by Crippen LogP contribution is -2.52. The fraction of sp³-hybridized carbons (Fsp3) is 0.239. The number of anilines is 2. The van der Waals surface area contributed by atoms with Gasteiger partial charge in [0, 0.05) is 37.8 Å². The minimum absolute atomic E-state index is 0.182. The van der Waals surface area contributed by atoms with Crippen molar-refractivity contribution in [3.8, 4) is 11.5 Å². The standard InChI is InChI=1S/C46H45ClN6O7/c1-50(32-18-22-34(59-3)23-19-32)43(56)38(26-30-12-7-5-8-13-30)48-40(54)28-53-42-37(47)16-11-17-39(42)52(45(53)58)29-41(55)49-46(27-36(46)31-14-9-6-10-15-31)44(57)51(2)33-20-24-35(60-4)25-21-33/h5-25,36,38H,26-29H2,1-4H3,(H,48,54)(H,49,55)/t36?,38-,46-/m0/s1. The van der Waals surface area contributed by atoms with Crippen LogP contribution in [0.4, 0.5) is 11.4 Å². The van der Waals surface area contributed by atoms with Crippen LogP contribution in [-0.2, 0) is 38.7 Å². The predicted octanol–water partition coefficient (Wildman–Crippen LogP) is 5.57. The van der Waals surface area contributed by atoms with Crippen LogP contribution in [0.15, 0.2) is 132 Å². The number of hydrogen-bond acceptors (Lipinski definition) is 7. The second-order valence-electron chi connectivity index (χ2n) is 14.7. The largest absolute Gasteiger partial charge is 0.497 e. The van der Waals surface area contributed by atoms with Crippen molar-refractivity contribution in [1.82, 2.24) is 19.8 Å². The van der Waals surface area contributed by atoms with Crippen molar-refractivity contribution in [3.63, 3.8) is 0 Å². The summed E-state index contributed by atoms with van der Waals surface area (Å²) in [5.41, 5.74) is 1.51. The summed E-state index contributed by atoms with van der Waals surface area (Å²) in [5, 5.41) is 6.04. The summed E-state index contributed by atoms with van der Waals surface area (Å²) < 4.78 is 13.0. The summed E-state index contributed by atoms with van der Waals surface area (Å²) in [6, 6.07) is 36.6. The molecule has 1 aliphatic carbocycles. The van der Waals surface area contributed by atoms with Crippen molar-refractivity contribution < 1.29 is 28.7 Å². The zero-order valence-electron chi connectivity index (χ0n) is 33.6. The zero-order valence-corrected chi connectivity index (χ0v) is 34.4. The van der Waals surface area contributed by atoms with Crippen LogP contribution >= 0.6 is 11.6 Å². The highest BCUT2D eigenvalue weighted by atomic mass is 35.5. The number of nitrogens with zero attached hydrogens (tertiary/aromatic N) is 4. The number of para-hydroxylation sites is 1. The van der Waals surface area contributed by atoms with Gasteiger partial charge >= 0.3 is 5.69 Å². The first-order chi connectivity index (χ1) is 28.9. The number of nitrogens with one attached hydrogen (secondary N) is 2. The summed E-state index contributed by atoms with van der Waals surface area (Å²) >= 11 is 6.69. The molecule has 0 radical (unpaired) electrons. The van der Waals surface area contributed by atoms with E-state index in [1.165, 1.54) is 18.9 Å². The number of halogens is 1. The van der Waals surface area contributed by atoms with Gasteiger partial charge < -0.3 is 29.9 Å². The Labute approximate surface area is 352 Å². The van der Waals surface area contributed by atoms with Crippen molar-refractivity contribution in [2.45, 2.75) is 43.4 Å². The monoisotopic (exact) mass is 828 g/mol. The Bertz CT molecular complexity index is 2580. The van der Waals surface area contributed by atoms with E-state index in [9.17, 15) is 24.0 Å². The average molecular weight is 829 g/mol. The van der Waals surface area contributed by atoms with Gasteiger partial charge in [-0.15, -0.1) is 0 Å². The van der Waals surface area contributed by atoms with Gasteiger partial charge in [0.25, 0.3) is 5.91 Å². The molecule has 1 heterocycles. The van der Waals surface area contributed by atoms with Crippen molar-refractivity contribution in [1.29, 1.82) is 0 Å². The van der Waals surface area contributed by atoms with Crippen LogP contribution in [-0.4, -0.2) is 72.7 Å². The number of benzene rings is 5. The van der Waals surface area contributed by atoms with Gasteiger partial charge in [-0.05, 0) is 78.2 Å². The lowest BCUT2D eigenvalue weighted by atomic mass is 10.0. The molecule has 1 saturated carbocycles. The Morgan fingerprint density at radius 3 is 1.90 bits per heavy atom. The number of fused-ring (bicyclic) bond motifs is 1. The van der Waals surface area contributed by atoms with E-state index in [0.717, 1.165) is 11.1 Å². The van der Waals surface area contributed by atoms with E-state index in [0.29, 0.717) is 34.8 Å². The Morgan fingerprint density at radius 2 is 1.30 bits per heavy atom. The molecule has 0 spiro atoms. The zero-order chi connectivity index (χ0) is 42.6. The molecule has 1 unspecified atom stereocenters. The molecule has 1 aromatic heterocycles. The van der Waals surface area contributed by atoms with Gasteiger partial charge in [0.15, 0.2) is 0 Å². The van der Waals surface area contributed by atoms with Crippen LogP contribution in [0.5, 0.6) is 11.5 Å². The lowest BCUT2D eigenvalue weighted by Gasteiger charge is -2.26. The number of aromatic nitrogens is 2. The van der Waals surface area contributed by atoms with Crippen molar-refractivity contribution >= 4 is 57.6 Å². The number of rotatable bonds is 15. The average Bonchev–Trinajstić information content (AvgIpc) is 3.94. The van der Waals surface area contributed by atoms with E-state index in [2.05, 4.69) is 10.6 Å². The number of amides is 4. The molecular weight excluding hydrogens is 784 g/mol. The number of methoxy groups -OCH3 is 2. The van der Waals surface area contributed by atoms with Crippen LogP contribution in [0.25, 0.3) is 11.0 Å². The molecule has 0 aliphatic heterocycles. The van der Waals surface area contributed by atoms with E-state index < -0.39 is 42.2 Å². The van der Waals surface area contributed by atoms with E-state index in [1.807, 2.05) is 60.7 Å². The topological polar surface area (TPSA) is 144 Å². The Kier molecular flexibility index (Phi) is 12.1. The molecule has 2 N–H and O–H groups in total. The molecular formula is C46H45ClN6O7. The Hall–Kier alpha value is -6.86. The Balaban J connectivity index is 1.14. The van der Waals surface area contributed by atoms with Crippen molar-refractivity contribution in [2.75, 3.05) is 38.1 Å². The number of likely N-dealkylation sites (N-methyl/N-ethyl adjacent to an activating group) is 2. The number of ether oxygens (including phenoxy) is 2. The number of carbonyl (C=O) groups excluding carboxylic acids is 4. The van der Waals surface area contributed by atoms with Crippen LogP contribution < -0.4 is 35.6 Å². The second-order valence-corrected chi connectivity index (χ2v) is 15.1. The molecule has 1 fully saturated rings. The summed E-state index contributed by atoms with van der Waals surface area (Å²) in [7, 11) is 6.39. The predicted molar refractivity (Wildman–Crippen MR) is 231 cm³/mol. The molecule has 4 amide bonds. The maximum Gasteiger partial charge on any atom is 0.330 e. The fourth-order valence-corrected chi connectivity index (χ4v) is 7.94. The van der Waals surface area contributed by atoms with Crippen LogP contribution in [0.3, 0.4) is 0 Å². The Morgan fingerprint density at radius 1 is 0.733 bits per heavy atom. The third-order valence-electron chi connectivity index (χ3n) is 11.0. The molecule has 7 rings (SSSR count). The molecule has 14 heteroatoms. The fourth-order valence-electron chi connectivity index (χ4n) is 7.67. The molecule has 13 nitrogen and oxygen atoms in total. The van der Waals surface area contributed by atoms with Gasteiger partial charge in [0.2, 0.25) is 17.7 Å². The van der Waals surface area contributed by atoms with E-state index >= 15 is 0 Å². The first kappa shape index (κ1) is 41.3. The van der Waals surface area contributed by atoms with Crippen molar-refractivity contribution in [2.24, 2.45) is 0 Å². The van der Waals surface area contributed by atoms with Gasteiger partial charge in [0.1, 0.15) is 36.2 Å². The first-order valence-corrected chi connectivity index (χ1v) is 19.7. The quantitative estimate of drug-likeness (QED) is 0.138. The molecule has 5 aromatic carbocycles. The van der Waals surface area contributed by atoms with Crippen LogP contribution in [0.1, 0.15) is 23.5 Å². The van der Waals surface area contributed by atoms with Crippen molar-refractivity contribution in [3.05, 3.63) is 154 Å². The minimum atomic E-state index is -1.29. The van der Waals surface area contributed by atoms with E-state index in [-0.39, 0.29) is 34.7 Å². The van der Waals surface area contributed by atoms with Crippen LogP contribution in [0.2, 0.25) is 5.02 Å². The van der Waals surface area contributed by atoms with Gasteiger partial charge in [-0.2, -0.15) is 0 Å². The molecule has 1 aliphatic rings. The van der Waals surface area contributed by atoms with Crippen LogP contribution in [0, 0.1) is 0 Å². The van der Waals surface area contributed by atoms with Gasteiger partial charge in [-0.3, -0.25) is 28.3 Å². The molecule has 3 atom stereocenters. The molecule has 0 saturated heterocycles. The first-order valence-electron chi connectivity index (χ1n) is 19.3. The maximum atomic E-state index is 14.3. The number of imidazole rings is 1. The SMILES string of the molecule is COc1ccc(N(C)C(=O)[C@H](Cc2ccccc2)NC(=O)Cn2c(=O)n(CC(=O)N[C@@]3(C(=O)N(C)c4ccc(OC)cc4)CC3c3ccccc3)c3cccc(Cl)c32)cc1. The minimum Gasteiger partial charge on any atom is -0.497 e. The summed E-state index contributed by atoms with van der Waals surface area (Å²) in [4.78, 5) is 73.5. The highest BCUT2D eigenvalue weighted by Gasteiger charge is 2.62. The molecule has 6 aromatic rings. The summed E-state index contributed by atoms with van der Waals surface area (Å²) in [6.45, 7) is -0.960. The maximum absolute atomic E-state index is 14.3. The lowest BCUT2D eigenvalue weighted by molar-refractivity contribution is -0.128. The van der Waals surface area contributed by atoms with E-state index in [4.69, 9.17) is 21.1 Å². The molecule has 308 valence electrons. The number of carbonyl (C=O) groups is 4. The highest BCUT2D eigenvalue weighted by molar-refractivity contribution is 6.35. The number of hydrogen-bond donors (Lipinski definition) is 2. The van der Waals surface area contributed by atoms with Gasteiger partial charge in [-0.1, -0.05) is 78.3 Å².